The number of nitrogens with zero attached hydrogens (tertiary/aromatic N) is 4. The molecule has 0 radical (unpaired) electrons. The largest absolute Gasteiger partial charge is 0.356 e. The van der Waals surface area contributed by atoms with Crippen molar-refractivity contribution in [3.05, 3.63) is 12.7 Å². The van der Waals surface area contributed by atoms with Crippen LogP contribution in [0.15, 0.2) is 12.7 Å². The van der Waals surface area contributed by atoms with Gasteiger partial charge in [0.2, 0.25) is 11.8 Å². The van der Waals surface area contributed by atoms with E-state index >= 15 is 0 Å². The summed E-state index contributed by atoms with van der Waals surface area (Å²) in [5.41, 5.74) is -0.320. The molecule has 2 fully saturated rings. The highest BCUT2D eigenvalue weighted by molar-refractivity contribution is 5.85. The third kappa shape index (κ3) is 2.91. The van der Waals surface area contributed by atoms with Gasteiger partial charge in [-0.25, -0.2) is 4.98 Å². The first-order valence-corrected chi connectivity index (χ1v) is 7.58. The van der Waals surface area contributed by atoms with E-state index in [9.17, 15) is 9.59 Å². The number of hydrogen-bond donors (Lipinski definition) is 1. The number of rotatable bonds is 4. The Morgan fingerprint density at radius 1 is 1.43 bits per heavy atom. The van der Waals surface area contributed by atoms with Crippen LogP contribution in [0, 0.1) is 5.41 Å². The quantitative estimate of drug-likeness (QED) is 0.858. The molecule has 0 aliphatic carbocycles. The molecule has 3 heterocycles. The van der Waals surface area contributed by atoms with Crippen molar-refractivity contribution in [2.75, 3.05) is 19.6 Å². The van der Waals surface area contributed by atoms with Gasteiger partial charge in [-0.05, 0) is 25.7 Å². The van der Waals surface area contributed by atoms with Gasteiger partial charge in [-0.15, -0.1) is 0 Å². The minimum Gasteiger partial charge on any atom is -0.356 e. The smallest absolute Gasteiger partial charge is 0.228 e. The lowest BCUT2D eigenvalue weighted by atomic mass is 9.79. The maximum absolute atomic E-state index is 12.3. The van der Waals surface area contributed by atoms with E-state index in [0.29, 0.717) is 26.1 Å². The van der Waals surface area contributed by atoms with Gasteiger partial charge in [0.15, 0.2) is 0 Å². The molecule has 0 saturated carbocycles. The molecule has 3 rings (SSSR count). The Balaban J connectivity index is 1.49. The molecule has 1 spiro atoms. The topological polar surface area (TPSA) is 80.1 Å². The van der Waals surface area contributed by atoms with Gasteiger partial charge in [0.25, 0.3) is 0 Å². The Hall–Kier alpha value is -1.92. The molecule has 2 aliphatic heterocycles. The summed E-state index contributed by atoms with van der Waals surface area (Å²) in [4.78, 5) is 30.1. The first kappa shape index (κ1) is 14.0. The lowest BCUT2D eigenvalue weighted by molar-refractivity contribution is -0.134. The van der Waals surface area contributed by atoms with E-state index in [4.69, 9.17) is 0 Å². The number of aryl methyl sites for hydroxylation is 1. The summed E-state index contributed by atoms with van der Waals surface area (Å²) >= 11 is 0. The van der Waals surface area contributed by atoms with E-state index in [2.05, 4.69) is 15.4 Å². The van der Waals surface area contributed by atoms with Crippen LogP contribution < -0.4 is 5.32 Å². The molecule has 7 nitrogen and oxygen atoms in total. The molecule has 0 aromatic carbocycles. The molecular weight excluding hydrogens is 270 g/mol. The Morgan fingerprint density at radius 2 is 2.33 bits per heavy atom. The third-order valence-corrected chi connectivity index (χ3v) is 4.55. The third-order valence-electron chi connectivity index (χ3n) is 4.55. The van der Waals surface area contributed by atoms with Crippen LogP contribution in [0.3, 0.4) is 0 Å². The summed E-state index contributed by atoms with van der Waals surface area (Å²) in [5.74, 6) is 0.275. The molecule has 21 heavy (non-hydrogen) atoms. The van der Waals surface area contributed by atoms with E-state index in [1.165, 1.54) is 6.33 Å². The van der Waals surface area contributed by atoms with Gasteiger partial charge < -0.3 is 10.2 Å². The minimum absolute atomic E-state index is 0.131. The monoisotopic (exact) mass is 291 g/mol. The fraction of sp³-hybridized carbons (Fsp3) is 0.714. The maximum atomic E-state index is 12.3. The number of likely N-dealkylation sites (tertiary alicyclic amines) is 1. The van der Waals surface area contributed by atoms with Crippen LogP contribution in [0.25, 0.3) is 0 Å². The number of amides is 2. The number of nitrogens with one attached hydrogen (secondary N) is 1. The molecule has 2 aliphatic rings. The highest BCUT2D eigenvalue weighted by atomic mass is 16.2. The molecule has 1 aromatic heterocycles. The molecule has 114 valence electrons. The first-order chi connectivity index (χ1) is 10.2. The highest BCUT2D eigenvalue weighted by Gasteiger charge is 2.46. The fourth-order valence-electron chi connectivity index (χ4n) is 3.30. The molecule has 1 N–H and O–H groups in total. The fourth-order valence-corrected chi connectivity index (χ4v) is 3.30. The molecule has 0 unspecified atom stereocenters. The summed E-state index contributed by atoms with van der Waals surface area (Å²) in [6.07, 6.45) is 7.11. The average molecular weight is 291 g/mol. The van der Waals surface area contributed by atoms with E-state index in [1.807, 2.05) is 4.90 Å². The second-order valence-corrected chi connectivity index (χ2v) is 5.97. The predicted octanol–water partition coefficient (Wildman–Crippen LogP) is 0.187. The molecule has 0 bridgehead atoms. The number of piperidine rings is 1. The van der Waals surface area contributed by atoms with Crippen molar-refractivity contribution in [3.8, 4) is 0 Å². The van der Waals surface area contributed by atoms with Gasteiger partial charge in [0, 0.05) is 32.6 Å². The van der Waals surface area contributed by atoms with Crippen LogP contribution in [0.4, 0.5) is 0 Å². The summed E-state index contributed by atoms with van der Waals surface area (Å²) in [5, 5.41) is 6.96. The van der Waals surface area contributed by atoms with E-state index in [1.54, 1.807) is 11.0 Å². The number of hydrogen-bond acceptors (Lipinski definition) is 4. The Labute approximate surface area is 123 Å². The van der Waals surface area contributed by atoms with Gasteiger partial charge in [-0.3, -0.25) is 14.3 Å². The number of aromatic nitrogens is 3. The Morgan fingerprint density at radius 3 is 3.10 bits per heavy atom. The maximum Gasteiger partial charge on any atom is 0.228 e. The van der Waals surface area contributed by atoms with Gasteiger partial charge in [0.1, 0.15) is 12.7 Å². The summed E-state index contributed by atoms with van der Waals surface area (Å²) < 4.78 is 1.73. The predicted molar refractivity (Wildman–Crippen MR) is 75.1 cm³/mol. The van der Waals surface area contributed by atoms with Crippen molar-refractivity contribution in [2.24, 2.45) is 5.41 Å². The van der Waals surface area contributed by atoms with Crippen LogP contribution in [0.1, 0.15) is 32.1 Å². The van der Waals surface area contributed by atoms with Crippen LogP contribution in [0.5, 0.6) is 0 Å². The second-order valence-electron chi connectivity index (χ2n) is 5.97. The van der Waals surface area contributed by atoms with Crippen LogP contribution in [-0.2, 0) is 16.1 Å². The lowest BCUT2D eigenvalue weighted by Gasteiger charge is -2.32. The summed E-state index contributed by atoms with van der Waals surface area (Å²) in [6.45, 7) is 2.76. The minimum atomic E-state index is -0.320. The van der Waals surface area contributed by atoms with Crippen molar-refractivity contribution < 1.29 is 9.59 Å². The van der Waals surface area contributed by atoms with Crippen molar-refractivity contribution in [1.82, 2.24) is 25.0 Å². The Kier molecular flexibility index (Phi) is 3.90. The van der Waals surface area contributed by atoms with E-state index < -0.39 is 0 Å². The van der Waals surface area contributed by atoms with E-state index in [-0.39, 0.29) is 17.2 Å². The zero-order valence-electron chi connectivity index (χ0n) is 12.1. The van der Waals surface area contributed by atoms with Gasteiger partial charge in [0.05, 0.1) is 5.41 Å². The standard InChI is InChI=1S/C14H21N5O2/c20-12(3-1-7-19-11-15-10-17-19)18-8-5-14(9-18)4-2-6-16-13(14)21/h10-11H,1-9H2,(H,16,21)/t14-/m0/s1. The molecule has 1 aromatic rings. The number of carbonyl (C=O) groups excluding carboxylic acids is 2. The highest BCUT2D eigenvalue weighted by Crippen LogP contribution is 2.37. The molecule has 1 atom stereocenters. The van der Waals surface area contributed by atoms with Crippen molar-refractivity contribution in [1.29, 1.82) is 0 Å². The van der Waals surface area contributed by atoms with Crippen LogP contribution in [0.2, 0.25) is 0 Å². The zero-order chi connectivity index (χ0) is 14.7. The Bertz CT molecular complexity index is 515. The molecule has 7 heteroatoms. The van der Waals surface area contributed by atoms with Crippen molar-refractivity contribution in [2.45, 2.75) is 38.6 Å². The van der Waals surface area contributed by atoms with Crippen molar-refractivity contribution >= 4 is 11.8 Å². The van der Waals surface area contributed by atoms with Crippen molar-refractivity contribution in [3.63, 3.8) is 0 Å². The molecule has 2 saturated heterocycles. The first-order valence-electron chi connectivity index (χ1n) is 7.58. The van der Waals surface area contributed by atoms with Crippen LogP contribution >= 0.6 is 0 Å². The van der Waals surface area contributed by atoms with Crippen LogP contribution in [-0.4, -0.2) is 51.1 Å². The van der Waals surface area contributed by atoms with Gasteiger partial charge in [-0.2, -0.15) is 5.10 Å². The zero-order valence-corrected chi connectivity index (χ0v) is 12.1. The molecular formula is C14H21N5O2. The van der Waals surface area contributed by atoms with Gasteiger partial charge >= 0.3 is 0 Å². The lowest BCUT2D eigenvalue weighted by Crippen LogP contribution is -2.47. The van der Waals surface area contributed by atoms with E-state index in [0.717, 1.165) is 32.2 Å². The summed E-state index contributed by atoms with van der Waals surface area (Å²) in [7, 11) is 0. The average Bonchev–Trinajstić information content (AvgIpc) is 3.13. The number of carbonyl (C=O) groups is 2. The SMILES string of the molecule is O=C(CCCn1cncn1)N1CC[C@@]2(CCCNC2=O)C1. The normalized spacial score (nSPS) is 25.3. The molecule has 2 amide bonds. The summed E-state index contributed by atoms with van der Waals surface area (Å²) in [6, 6.07) is 0. The van der Waals surface area contributed by atoms with Gasteiger partial charge in [-0.1, -0.05) is 0 Å². The second kappa shape index (κ2) is 5.83.